The van der Waals surface area contributed by atoms with Crippen LogP contribution in [0.3, 0.4) is 0 Å². The van der Waals surface area contributed by atoms with Crippen molar-refractivity contribution < 1.29 is 4.79 Å². The van der Waals surface area contributed by atoms with Crippen molar-refractivity contribution in [2.24, 2.45) is 5.73 Å². The topological polar surface area (TPSA) is 55.1 Å². The fourth-order valence-corrected chi connectivity index (χ4v) is 2.63. The number of carbonyl (C=O) groups excluding carboxylic acids is 1. The number of amides is 1. The third kappa shape index (κ3) is 2.30. The summed E-state index contributed by atoms with van der Waals surface area (Å²) >= 11 is 6.15. The van der Waals surface area contributed by atoms with Gasteiger partial charge in [0.05, 0.1) is 12.5 Å². The van der Waals surface area contributed by atoms with E-state index in [4.69, 9.17) is 17.3 Å². The third-order valence-corrected chi connectivity index (χ3v) is 4.08. The molecule has 4 heteroatoms. The van der Waals surface area contributed by atoms with Crippen LogP contribution < -0.4 is 11.1 Å². The molecule has 3 N–H and O–H groups in total. The number of carbonyl (C=O) groups is 1. The van der Waals surface area contributed by atoms with E-state index in [1.807, 2.05) is 43.3 Å². The molecular weight excluding hydrogens is 272 g/mol. The fourth-order valence-electron chi connectivity index (χ4n) is 2.44. The van der Waals surface area contributed by atoms with Gasteiger partial charge in [0.25, 0.3) is 0 Å². The number of rotatable bonds is 2. The number of aryl methyl sites for hydroxylation is 1. The van der Waals surface area contributed by atoms with Gasteiger partial charge in [0.2, 0.25) is 5.91 Å². The van der Waals surface area contributed by atoms with Crippen molar-refractivity contribution in [2.75, 3.05) is 5.32 Å². The molecule has 0 aliphatic carbocycles. The standard InChI is InChI=1S/C16H15ClN2O/c1-9-2-3-11(7-13(9)17)16(18)10-4-5-14-12(6-10)8-15(20)19-14/h2-7,16H,8,18H2,1H3,(H,19,20). The Kier molecular flexibility index (Phi) is 3.24. The van der Waals surface area contributed by atoms with Gasteiger partial charge in [-0.2, -0.15) is 0 Å². The molecule has 1 atom stereocenters. The average molecular weight is 287 g/mol. The Labute approximate surface area is 122 Å². The molecule has 20 heavy (non-hydrogen) atoms. The summed E-state index contributed by atoms with van der Waals surface area (Å²) in [6.07, 6.45) is 0.421. The number of benzene rings is 2. The van der Waals surface area contributed by atoms with Crippen LogP contribution in [-0.4, -0.2) is 5.91 Å². The Morgan fingerprint density at radius 2 is 1.90 bits per heavy atom. The number of nitrogens with two attached hydrogens (primary N) is 1. The molecule has 2 aromatic rings. The van der Waals surface area contributed by atoms with E-state index in [0.717, 1.165) is 33.0 Å². The quantitative estimate of drug-likeness (QED) is 0.891. The predicted octanol–water partition coefficient (Wildman–Crippen LogP) is 3.19. The van der Waals surface area contributed by atoms with Gasteiger partial charge in [-0.05, 0) is 41.3 Å². The Morgan fingerprint density at radius 3 is 2.65 bits per heavy atom. The minimum atomic E-state index is -0.242. The molecule has 1 aliphatic rings. The number of nitrogens with one attached hydrogen (secondary N) is 1. The fraction of sp³-hybridized carbons (Fsp3) is 0.188. The molecule has 0 bridgehead atoms. The second-order valence-electron chi connectivity index (χ2n) is 5.13. The van der Waals surface area contributed by atoms with E-state index in [1.54, 1.807) is 0 Å². The lowest BCUT2D eigenvalue weighted by Gasteiger charge is -2.14. The minimum absolute atomic E-state index is 0.0316. The van der Waals surface area contributed by atoms with Gasteiger partial charge in [-0.25, -0.2) is 0 Å². The first-order chi connectivity index (χ1) is 9.54. The van der Waals surface area contributed by atoms with Crippen LogP contribution in [0.5, 0.6) is 0 Å². The maximum atomic E-state index is 11.4. The van der Waals surface area contributed by atoms with Crippen molar-refractivity contribution in [3.05, 3.63) is 63.7 Å². The molecular formula is C16H15ClN2O. The minimum Gasteiger partial charge on any atom is -0.326 e. The number of hydrogen-bond acceptors (Lipinski definition) is 2. The van der Waals surface area contributed by atoms with E-state index in [2.05, 4.69) is 5.32 Å². The molecule has 0 radical (unpaired) electrons. The molecule has 0 fully saturated rings. The monoisotopic (exact) mass is 286 g/mol. The lowest BCUT2D eigenvalue weighted by molar-refractivity contribution is -0.115. The van der Waals surface area contributed by atoms with Gasteiger partial charge < -0.3 is 11.1 Å². The average Bonchev–Trinajstić information content (AvgIpc) is 2.80. The van der Waals surface area contributed by atoms with E-state index >= 15 is 0 Å². The molecule has 102 valence electrons. The highest BCUT2D eigenvalue weighted by atomic mass is 35.5. The molecule has 0 saturated carbocycles. The van der Waals surface area contributed by atoms with Gasteiger partial charge in [-0.3, -0.25) is 4.79 Å². The first-order valence-electron chi connectivity index (χ1n) is 6.49. The molecule has 1 heterocycles. The lowest BCUT2D eigenvalue weighted by atomic mass is 9.96. The van der Waals surface area contributed by atoms with E-state index in [9.17, 15) is 4.79 Å². The zero-order valence-electron chi connectivity index (χ0n) is 11.1. The summed E-state index contributed by atoms with van der Waals surface area (Å²) in [4.78, 5) is 11.4. The smallest absolute Gasteiger partial charge is 0.228 e. The molecule has 1 aliphatic heterocycles. The van der Waals surface area contributed by atoms with Crippen molar-refractivity contribution in [2.45, 2.75) is 19.4 Å². The van der Waals surface area contributed by atoms with Gasteiger partial charge >= 0.3 is 0 Å². The van der Waals surface area contributed by atoms with Crippen molar-refractivity contribution >= 4 is 23.2 Å². The number of fused-ring (bicyclic) bond motifs is 1. The van der Waals surface area contributed by atoms with E-state index in [-0.39, 0.29) is 11.9 Å². The van der Waals surface area contributed by atoms with E-state index < -0.39 is 0 Å². The number of halogens is 1. The van der Waals surface area contributed by atoms with Crippen LogP contribution in [0.25, 0.3) is 0 Å². The summed E-state index contributed by atoms with van der Waals surface area (Å²) < 4.78 is 0. The van der Waals surface area contributed by atoms with E-state index in [1.165, 1.54) is 0 Å². The molecule has 0 spiro atoms. The number of anilines is 1. The SMILES string of the molecule is Cc1ccc(C(N)c2ccc3c(c2)CC(=O)N3)cc1Cl. The summed E-state index contributed by atoms with van der Waals surface area (Å²) in [6.45, 7) is 1.96. The molecule has 2 aromatic carbocycles. The lowest BCUT2D eigenvalue weighted by Crippen LogP contribution is -2.12. The Bertz CT molecular complexity index is 697. The highest BCUT2D eigenvalue weighted by Crippen LogP contribution is 2.29. The summed E-state index contributed by atoms with van der Waals surface area (Å²) in [5.41, 5.74) is 11.2. The summed E-state index contributed by atoms with van der Waals surface area (Å²) in [5, 5.41) is 3.54. The molecule has 3 rings (SSSR count). The van der Waals surface area contributed by atoms with Gasteiger partial charge in [0.15, 0.2) is 0 Å². The Morgan fingerprint density at radius 1 is 1.20 bits per heavy atom. The summed E-state index contributed by atoms with van der Waals surface area (Å²) in [5.74, 6) is 0.0316. The molecule has 3 nitrogen and oxygen atoms in total. The predicted molar refractivity (Wildman–Crippen MR) is 81.0 cm³/mol. The molecule has 0 aromatic heterocycles. The van der Waals surface area contributed by atoms with Gasteiger partial charge in [-0.15, -0.1) is 0 Å². The Hall–Kier alpha value is -1.84. The zero-order chi connectivity index (χ0) is 14.3. The molecule has 0 saturated heterocycles. The maximum absolute atomic E-state index is 11.4. The van der Waals surface area contributed by atoms with Gasteiger partial charge in [0.1, 0.15) is 0 Å². The van der Waals surface area contributed by atoms with Crippen LogP contribution in [0.2, 0.25) is 5.02 Å². The first-order valence-corrected chi connectivity index (χ1v) is 6.86. The Balaban J connectivity index is 1.94. The van der Waals surface area contributed by atoms with Crippen LogP contribution in [0.1, 0.15) is 28.3 Å². The third-order valence-electron chi connectivity index (χ3n) is 3.67. The highest BCUT2D eigenvalue weighted by Gasteiger charge is 2.19. The first kappa shape index (κ1) is 13.2. The summed E-state index contributed by atoms with van der Waals surface area (Å²) in [6, 6.07) is 11.5. The van der Waals surface area contributed by atoms with Gasteiger partial charge in [0, 0.05) is 10.7 Å². The summed E-state index contributed by atoms with van der Waals surface area (Å²) in [7, 11) is 0. The van der Waals surface area contributed by atoms with Crippen LogP contribution >= 0.6 is 11.6 Å². The van der Waals surface area contributed by atoms with Crippen LogP contribution in [-0.2, 0) is 11.2 Å². The van der Waals surface area contributed by atoms with E-state index in [0.29, 0.717) is 6.42 Å². The largest absolute Gasteiger partial charge is 0.326 e. The van der Waals surface area contributed by atoms with Crippen LogP contribution in [0, 0.1) is 6.92 Å². The normalized spacial score (nSPS) is 14.8. The van der Waals surface area contributed by atoms with Crippen molar-refractivity contribution in [1.82, 2.24) is 0 Å². The van der Waals surface area contributed by atoms with Crippen LogP contribution in [0.4, 0.5) is 5.69 Å². The number of hydrogen-bond donors (Lipinski definition) is 2. The van der Waals surface area contributed by atoms with Crippen molar-refractivity contribution in [3.8, 4) is 0 Å². The van der Waals surface area contributed by atoms with Crippen molar-refractivity contribution in [3.63, 3.8) is 0 Å². The zero-order valence-corrected chi connectivity index (χ0v) is 11.9. The van der Waals surface area contributed by atoms with Gasteiger partial charge in [-0.1, -0.05) is 35.9 Å². The highest BCUT2D eigenvalue weighted by molar-refractivity contribution is 6.31. The second-order valence-corrected chi connectivity index (χ2v) is 5.54. The molecule has 1 amide bonds. The van der Waals surface area contributed by atoms with Crippen LogP contribution in [0.15, 0.2) is 36.4 Å². The van der Waals surface area contributed by atoms with Crippen molar-refractivity contribution in [1.29, 1.82) is 0 Å². The second kappa shape index (κ2) is 4.93. The maximum Gasteiger partial charge on any atom is 0.228 e. The molecule has 1 unspecified atom stereocenters.